The molecule has 7 heteroatoms. The average molecular weight is 394 g/mol. The lowest BCUT2D eigenvalue weighted by molar-refractivity contribution is 0.339. The van der Waals surface area contributed by atoms with Crippen molar-refractivity contribution in [2.45, 2.75) is 43.3 Å². The Balaban J connectivity index is 2.00. The number of nitrogens with zero attached hydrogens (tertiary/aromatic N) is 3. The van der Waals surface area contributed by atoms with Gasteiger partial charge in [-0.25, -0.2) is 0 Å². The zero-order valence-corrected chi connectivity index (χ0v) is 16.7. The first-order chi connectivity index (χ1) is 12.8. The van der Waals surface area contributed by atoms with E-state index in [0.717, 1.165) is 35.1 Å². The fourth-order valence-corrected chi connectivity index (χ4v) is 4.38. The van der Waals surface area contributed by atoms with E-state index in [4.69, 9.17) is 21.1 Å². The maximum atomic E-state index is 5.66. The standard InChI is InChI=1S/C19H24ClN3O2S/c1-24-16-10-9-14(13-17(16)25-2)18-21-22-19(26-12-6-11-20)23(18)15-7-4-3-5-8-15/h6,9-11,13,15H,3-5,7-8,12H2,1-2H3/b11-6+. The summed E-state index contributed by atoms with van der Waals surface area (Å²) in [7, 11) is 3.29. The van der Waals surface area contributed by atoms with Crippen molar-refractivity contribution < 1.29 is 9.47 Å². The van der Waals surface area contributed by atoms with Crippen LogP contribution >= 0.6 is 23.4 Å². The number of rotatable bonds is 7. The lowest BCUT2D eigenvalue weighted by atomic mass is 9.95. The highest BCUT2D eigenvalue weighted by molar-refractivity contribution is 7.99. The summed E-state index contributed by atoms with van der Waals surface area (Å²) in [5.41, 5.74) is 2.53. The Morgan fingerprint density at radius 2 is 1.92 bits per heavy atom. The molecule has 0 unspecified atom stereocenters. The second kappa shape index (κ2) is 9.33. The lowest BCUT2D eigenvalue weighted by Gasteiger charge is -2.25. The Labute approximate surface area is 163 Å². The second-order valence-electron chi connectivity index (χ2n) is 6.21. The second-order valence-corrected chi connectivity index (χ2v) is 7.45. The molecule has 1 aromatic carbocycles. The zero-order valence-electron chi connectivity index (χ0n) is 15.2. The number of thioether (sulfide) groups is 1. The molecule has 26 heavy (non-hydrogen) atoms. The van der Waals surface area contributed by atoms with Crippen LogP contribution in [-0.2, 0) is 0 Å². The van der Waals surface area contributed by atoms with Gasteiger partial charge in [-0.15, -0.1) is 10.2 Å². The molecule has 2 aromatic rings. The summed E-state index contributed by atoms with van der Waals surface area (Å²) >= 11 is 7.32. The highest BCUT2D eigenvalue weighted by Gasteiger charge is 2.24. The van der Waals surface area contributed by atoms with Gasteiger partial charge < -0.3 is 9.47 Å². The number of benzene rings is 1. The quantitative estimate of drug-likeness (QED) is 0.596. The van der Waals surface area contributed by atoms with Gasteiger partial charge in [-0.05, 0) is 31.0 Å². The predicted octanol–water partition coefficient (Wildman–Crippen LogP) is 5.31. The molecule has 1 saturated carbocycles. The smallest absolute Gasteiger partial charge is 0.192 e. The van der Waals surface area contributed by atoms with Gasteiger partial charge in [0.1, 0.15) is 0 Å². The van der Waals surface area contributed by atoms with Crippen molar-refractivity contribution in [2.75, 3.05) is 20.0 Å². The van der Waals surface area contributed by atoms with Crippen LogP contribution in [0.25, 0.3) is 11.4 Å². The Morgan fingerprint density at radius 3 is 2.62 bits per heavy atom. The summed E-state index contributed by atoms with van der Waals surface area (Å²) in [6.45, 7) is 0. The minimum atomic E-state index is 0.435. The zero-order chi connectivity index (χ0) is 18.4. The SMILES string of the molecule is COc1ccc(-c2nnc(SC/C=C/Cl)n2C2CCCCC2)cc1OC. The van der Waals surface area contributed by atoms with Crippen LogP contribution in [0.5, 0.6) is 11.5 Å². The molecule has 140 valence electrons. The Bertz CT molecular complexity index is 757. The van der Waals surface area contributed by atoms with Gasteiger partial charge in [0.05, 0.1) is 14.2 Å². The highest BCUT2D eigenvalue weighted by Crippen LogP contribution is 2.38. The number of ether oxygens (including phenoxy) is 2. The summed E-state index contributed by atoms with van der Waals surface area (Å²) < 4.78 is 13.1. The molecule has 3 rings (SSSR count). The van der Waals surface area contributed by atoms with E-state index >= 15 is 0 Å². The van der Waals surface area contributed by atoms with Crippen LogP contribution in [0.3, 0.4) is 0 Å². The average Bonchev–Trinajstić information content (AvgIpc) is 3.12. The van der Waals surface area contributed by atoms with Gasteiger partial charge in [-0.2, -0.15) is 0 Å². The molecule has 0 atom stereocenters. The first kappa shape index (κ1) is 19.1. The van der Waals surface area contributed by atoms with E-state index in [9.17, 15) is 0 Å². The number of hydrogen-bond donors (Lipinski definition) is 0. The van der Waals surface area contributed by atoms with Crippen LogP contribution in [0.15, 0.2) is 35.0 Å². The van der Waals surface area contributed by atoms with Gasteiger partial charge in [0.2, 0.25) is 0 Å². The molecule has 1 heterocycles. The summed E-state index contributed by atoms with van der Waals surface area (Å²) in [4.78, 5) is 0. The van der Waals surface area contributed by atoms with E-state index in [-0.39, 0.29) is 0 Å². The number of aromatic nitrogens is 3. The number of hydrogen-bond acceptors (Lipinski definition) is 5. The lowest BCUT2D eigenvalue weighted by Crippen LogP contribution is -2.15. The summed E-state index contributed by atoms with van der Waals surface area (Å²) in [6, 6.07) is 6.33. The van der Waals surface area contributed by atoms with Crippen molar-refractivity contribution >= 4 is 23.4 Å². The normalized spacial score (nSPS) is 15.5. The van der Waals surface area contributed by atoms with E-state index in [0.29, 0.717) is 17.5 Å². The van der Waals surface area contributed by atoms with Gasteiger partial charge in [0, 0.05) is 22.9 Å². The first-order valence-electron chi connectivity index (χ1n) is 8.83. The molecule has 1 aliphatic rings. The molecule has 1 fully saturated rings. The Morgan fingerprint density at radius 1 is 1.15 bits per heavy atom. The summed E-state index contributed by atoms with van der Waals surface area (Å²) in [6.07, 6.45) is 8.05. The molecule has 0 amide bonds. The molecule has 5 nitrogen and oxygen atoms in total. The fraction of sp³-hybridized carbons (Fsp3) is 0.474. The van der Waals surface area contributed by atoms with Gasteiger partial charge >= 0.3 is 0 Å². The maximum Gasteiger partial charge on any atom is 0.192 e. The first-order valence-corrected chi connectivity index (χ1v) is 10.3. The van der Waals surface area contributed by atoms with E-state index in [1.54, 1.807) is 31.5 Å². The topological polar surface area (TPSA) is 49.2 Å². The van der Waals surface area contributed by atoms with Gasteiger partial charge in [0.25, 0.3) is 0 Å². The molecule has 0 N–H and O–H groups in total. The molecule has 0 spiro atoms. The van der Waals surface area contributed by atoms with E-state index in [1.807, 2.05) is 24.3 Å². The molecular weight excluding hydrogens is 370 g/mol. The Hall–Kier alpha value is -1.66. The molecule has 1 aliphatic carbocycles. The Kier molecular flexibility index (Phi) is 6.86. The molecular formula is C19H24ClN3O2S. The fourth-order valence-electron chi connectivity index (χ4n) is 3.38. The van der Waals surface area contributed by atoms with E-state index < -0.39 is 0 Å². The van der Waals surface area contributed by atoms with Gasteiger partial charge in [0.15, 0.2) is 22.5 Å². The molecule has 0 aliphatic heterocycles. The van der Waals surface area contributed by atoms with Crippen molar-refractivity contribution in [1.82, 2.24) is 14.8 Å². The van der Waals surface area contributed by atoms with Crippen LogP contribution in [0.2, 0.25) is 0 Å². The summed E-state index contributed by atoms with van der Waals surface area (Å²) in [5.74, 6) is 3.07. The summed E-state index contributed by atoms with van der Waals surface area (Å²) in [5, 5.41) is 9.92. The molecule has 1 aromatic heterocycles. The van der Waals surface area contributed by atoms with Gasteiger partial charge in [-0.1, -0.05) is 48.7 Å². The minimum Gasteiger partial charge on any atom is -0.493 e. The number of halogens is 1. The van der Waals surface area contributed by atoms with Crippen LogP contribution in [-0.4, -0.2) is 34.7 Å². The number of methoxy groups -OCH3 is 2. The van der Waals surface area contributed by atoms with Crippen LogP contribution in [0, 0.1) is 0 Å². The van der Waals surface area contributed by atoms with Gasteiger partial charge in [-0.3, -0.25) is 4.57 Å². The largest absolute Gasteiger partial charge is 0.493 e. The molecule has 0 bridgehead atoms. The van der Waals surface area contributed by atoms with Crippen molar-refractivity contribution in [3.63, 3.8) is 0 Å². The highest BCUT2D eigenvalue weighted by atomic mass is 35.5. The van der Waals surface area contributed by atoms with Crippen molar-refractivity contribution in [3.8, 4) is 22.9 Å². The molecule has 0 saturated heterocycles. The van der Waals surface area contributed by atoms with Crippen molar-refractivity contribution in [3.05, 3.63) is 29.8 Å². The van der Waals surface area contributed by atoms with Crippen LogP contribution in [0.1, 0.15) is 38.1 Å². The van der Waals surface area contributed by atoms with Crippen molar-refractivity contribution in [1.29, 1.82) is 0 Å². The van der Waals surface area contributed by atoms with Crippen LogP contribution < -0.4 is 9.47 Å². The van der Waals surface area contributed by atoms with E-state index in [2.05, 4.69) is 14.8 Å². The third kappa shape index (κ3) is 4.18. The minimum absolute atomic E-state index is 0.435. The van der Waals surface area contributed by atoms with E-state index in [1.165, 1.54) is 19.3 Å². The monoisotopic (exact) mass is 393 g/mol. The predicted molar refractivity (Wildman–Crippen MR) is 106 cm³/mol. The molecule has 0 radical (unpaired) electrons. The third-order valence-corrected chi connectivity index (χ3v) is 5.72. The maximum absolute atomic E-state index is 5.66. The van der Waals surface area contributed by atoms with Crippen LogP contribution in [0.4, 0.5) is 0 Å². The van der Waals surface area contributed by atoms with Crippen molar-refractivity contribution in [2.24, 2.45) is 0 Å². The third-order valence-electron chi connectivity index (χ3n) is 4.64.